The molecule has 2 heterocycles. The predicted octanol–water partition coefficient (Wildman–Crippen LogP) is 14.2. The first-order chi connectivity index (χ1) is 26.6. The van der Waals surface area contributed by atoms with E-state index in [1.807, 2.05) is 12.2 Å². The second kappa shape index (κ2) is 12.6. The van der Waals surface area contributed by atoms with Crippen LogP contribution in [-0.2, 0) is 0 Å². The van der Waals surface area contributed by atoms with Gasteiger partial charge >= 0.3 is 0 Å². The molecule has 0 saturated carbocycles. The number of rotatable bonds is 6. The van der Waals surface area contributed by atoms with Crippen LogP contribution >= 0.6 is 0 Å². The smallest absolute Gasteiger partial charge is 0.0541 e. The van der Waals surface area contributed by atoms with Crippen molar-refractivity contribution in [2.45, 2.75) is 13.8 Å². The highest BCUT2D eigenvalue weighted by atomic mass is 15.0. The van der Waals surface area contributed by atoms with Gasteiger partial charge in [0.1, 0.15) is 0 Å². The van der Waals surface area contributed by atoms with Crippen molar-refractivity contribution in [2.24, 2.45) is 0 Å². The van der Waals surface area contributed by atoms with Gasteiger partial charge in [0.15, 0.2) is 0 Å². The molecule has 0 radical (unpaired) electrons. The Morgan fingerprint density at radius 2 is 0.870 bits per heavy atom. The second-order valence-electron chi connectivity index (χ2n) is 14.3. The zero-order chi connectivity index (χ0) is 36.3. The Kier molecular flexibility index (Phi) is 7.45. The van der Waals surface area contributed by atoms with Gasteiger partial charge < -0.3 is 9.13 Å². The molecule has 0 saturated heterocycles. The van der Waals surface area contributed by atoms with Crippen molar-refractivity contribution >= 4 is 60.3 Å². The molecule has 0 fully saturated rings. The number of fused-ring (bicyclic) bond motifs is 6. The third-order valence-electron chi connectivity index (χ3n) is 11.2. The Morgan fingerprint density at radius 3 is 1.43 bits per heavy atom. The summed E-state index contributed by atoms with van der Waals surface area (Å²) in [5.41, 5.74) is 14.6. The normalized spacial score (nSPS) is 11.9. The number of nitrogens with zero attached hydrogens (tertiary/aromatic N) is 2. The third kappa shape index (κ3) is 4.88. The molecular weight excluding hydrogens is 653 g/mol. The number of aromatic nitrogens is 2. The minimum Gasteiger partial charge on any atom is -0.310 e. The van der Waals surface area contributed by atoms with Gasteiger partial charge in [-0.25, -0.2) is 0 Å². The molecule has 0 atom stereocenters. The summed E-state index contributed by atoms with van der Waals surface area (Å²) in [6.07, 6.45) is 6.02. The van der Waals surface area contributed by atoms with Crippen molar-refractivity contribution in [1.82, 2.24) is 9.13 Å². The van der Waals surface area contributed by atoms with Crippen LogP contribution in [0.2, 0.25) is 0 Å². The molecule has 0 unspecified atom stereocenters. The van der Waals surface area contributed by atoms with E-state index in [0.717, 1.165) is 11.4 Å². The molecule has 54 heavy (non-hydrogen) atoms. The van der Waals surface area contributed by atoms with Gasteiger partial charge in [-0.3, -0.25) is 0 Å². The fourth-order valence-corrected chi connectivity index (χ4v) is 8.73. The van der Waals surface area contributed by atoms with E-state index < -0.39 is 0 Å². The minimum absolute atomic E-state index is 1.14. The van der Waals surface area contributed by atoms with E-state index in [9.17, 15) is 0 Å². The van der Waals surface area contributed by atoms with Gasteiger partial charge in [-0.15, -0.1) is 0 Å². The Bertz CT molecular complexity index is 3060. The van der Waals surface area contributed by atoms with Gasteiger partial charge in [0.05, 0.1) is 16.6 Å². The lowest BCUT2D eigenvalue weighted by Gasteiger charge is -2.19. The molecule has 2 heteroatoms. The van der Waals surface area contributed by atoms with Crippen LogP contribution in [-0.4, -0.2) is 9.13 Å². The minimum atomic E-state index is 1.14. The van der Waals surface area contributed by atoms with Gasteiger partial charge in [0, 0.05) is 33.2 Å². The number of aryl methyl sites for hydroxylation is 2. The summed E-state index contributed by atoms with van der Waals surface area (Å²) >= 11 is 0. The van der Waals surface area contributed by atoms with Crippen molar-refractivity contribution in [3.8, 4) is 33.6 Å². The lowest BCUT2D eigenvalue weighted by molar-refractivity contribution is 1.10. The lowest BCUT2D eigenvalue weighted by Crippen LogP contribution is -1.97. The molecule has 0 bridgehead atoms. The molecule has 256 valence electrons. The molecule has 10 rings (SSSR count). The van der Waals surface area contributed by atoms with Crippen LogP contribution in [0.25, 0.3) is 94.0 Å². The zero-order valence-corrected chi connectivity index (χ0v) is 30.4. The van der Waals surface area contributed by atoms with Crippen LogP contribution in [0.15, 0.2) is 183 Å². The third-order valence-corrected chi connectivity index (χ3v) is 11.2. The number of para-hydroxylation sites is 3. The molecule has 2 aromatic heterocycles. The standard InChI is InChI=1S/C52H38N2/c1-4-5-19-47-35(3)40-14-8-11-20-48(40)53(47)38-28-24-36(25-29-38)51-43-17-6-7-18-44(43)52(46-33-34(2)23-32-45(46)51)37-26-30-39(31-27-37)54-49-21-12-9-15-41(49)42-16-10-13-22-50(42)54/h4-33H,1H2,2-3H3/b19-5-. The average molecular weight is 691 g/mol. The first kappa shape index (κ1) is 31.8. The molecule has 10 aromatic rings. The monoisotopic (exact) mass is 690 g/mol. The van der Waals surface area contributed by atoms with Crippen molar-refractivity contribution in [3.63, 3.8) is 0 Å². The summed E-state index contributed by atoms with van der Waals surface area (Å²) in [7, 11) is 0. The van der Waals surface area contributed by atoms with Gasteiger partial charge in [-0.2, -0.15) is 0 Å². The van der Waals surface area contributed by atoms with E-state index in [1.54, 1.807) is 0 Å². The second-order valence-corrected chi connectivity index (χ2v) is 14.3. The van der Waals surface area contributed by atoms with Gasteiger partial charge in [0.2, 0.25) is 0 Å². The number of hydrogen-bond acceptors (Lipinski definition) is 0. The maximum absolute atomic E-state index is 3.92. The molecule has 8 aromatic carbocycles. The van der Waals surface area contributed by atoms with E-state index in [-0.39, 0.29) is 0 Å². The highest BCUT2D eigenvalue weighted by Gasteiger charge is 2.19. The van der Waals surface area contributed by atoms with Crippen LogP contribution < -0.4 is 0 Å². The maximum Gasteiger partial charge on any atom is 0.0541 e. The largest absolute Gasteiger partial charge is 0.310 e. The topological polar surface area (TPSA) is 9.86 Å². The van der Waals surface area contributed by atoms with E-state index in [4.69, 9.17) is 0 Å². The van der Waals surface area contributed by atoms with E-state index in [1.165, 1.54) is 93.3 Å². The maximum atomic E-state index is 3.92. The van der Waals surface area contributed by atoms with E-state index >= 15 is 0 Å². The van der Waals surface area contributed by atoms with Crippen LogP contribution in [0.3, 0.4) is 0 Å². The van der Waals surface area contributed by atoms with Gasteiger partial charge in [-0.05, 0) is 112 Å². The highest BCUT2D eigenvalue weighted by molar-refractivity contribution is 6.21. The predicted molar refractivity (Wildman–Crippen MR) is 232 cm³/mol. The van der Waals surface area contributed by atoms with Crippen molar-refractivity contribution in [3.05, 3.63) is 199 Å². The van der Waals surface area contributed by atoms with Crippen molar-refractivity contribution < 1.29 is 0 Å². The summed E-state index contributed by atoms with van der Waals surface area (Å²) < 4.78 is 4.75. The molecule has 0 amide bonds. The number of benzene rings is 8. The molecular formula is C52H38N2. The summed E-state index contributed by atoms with van der Waals surface area (Å²) in [5, 5.41) is 8.83. The van der Waals surface area contributed by atoms with Crippen LogP contribution in [0.4, 0.5) is 0 Å². The first-order valence-electron chi connectivity index (χ1n) is 18.6. The van der Waals surface area contributed by atoms with Crippen LogP contribution in [0, 0.1) is 13.8 Å². The molecule has 0 aliphatic carbocycles. The van der Waals surface area contributed by atoms with E-state index in [0.29, 0.717) is 0 Å². The Hall–Kier alpha value is -6.90. The lowest BCUT2D eigenvalue weighted by atomic mass is 9.85. The van der Waals surface area contributed by atoms with Crippen LogP contribution in [0.5, 0.6) is 0 Å². The summed E-state index contributed by atoms with van der Waals surface area (Å²) in [6.45, 7) is 8.32. The summed E-state index contributed by atoms with van der Waals surface area (Å²) in [6, 6.07) is 60.2. The molecule has 0 N–H and O–H groups in total. The van der Waals surface area contributed by atoms with Gasteiger partial charge in [0.25, 0.3) is 0 Å². The molecule has 0 aliphatic rings. The zero-order valence-electron chi connectivity index (χ0n) is 30.4. The average Bonchev–Trinajstić information content (AvgIpc) is 3.70. The van der Waals surface area contributed by atoms with Crippen molar-refractivity contribution in [1.29, 1.82) is 0 Å². The number of allylic oxidation sites excluding steroid dienone is 2. The van der Waals surface area contributed by atoms with E-state index in [2.05, 4.69) is 199 Å². The first-order valence-corrected chi connectivity index (χ1v) is 18.6. The fraction of sp³-hybridized carbons (Fsp3) is 0.0385. The quantitative estimate of drug-likeness (QED) is 0.121. The summed E-state index contributed by atoms with van der Waals surface area (Å²) in [5.74, 6) is 0. The Labute approximate surface area is 315 Å². The SMILES string of the molecule is C=C/C=C\c1c(C)c2ccccc2n1-c1ccc(-c2c3ccccc3c(-c3ccc(-n4c5ccccc5c5ccccc54)cc3)c3cc(C)ccc23)cc1. The van der Waals surface area contributed by atoms with Gasteiger partial charge in [-0.1, -0.05) is 146 Å². The molecule has 0 aliphatic heterocycles. The fourth-order valence-electron chi connectivity index (χ4n) is 8.73. The number of hydrogen-bond donors (Lipinski definition) is 0. The summed E-state index contributed by atoms with van der Waals surface area (Å²) in [4.78, 5) is 0. The molecule has 0 spiro atoms. The van der Waals surface area contributed by atoms with Crippen LogP contribution in [0.1, 0.15) is 16.8 Å². The van der Waals surface area contributed by atoms with Crippen molar-refractivity contribution in [2.75, 3.05) is 0 Å². The molecule has 2 nitrogen and oxygen atoms in total. The Balaban J connectivity index is 1.14. The Morgan fingerprint density at radius 1 is 0.426 bits per heavy atom. The highest BCUT2D eigenvalue weighted by Crippen LogP contribution is 2.45.